The van der Waals surface area contributed by atoms with Crippen molar-refractivity contribution in [2.75, 3.05) is 11.1 Å². The molecule has 0 aliphatic rings. The molecule has 6 heteroatoms. The normalized spacial score (nSPS) is 10.7. The molecule has 0 unspecified atom stereocenters. The number of para-hydroxylation sites is 1. The van der Waals surface area contributed by atoms with Crippen molar-refractivity contribution < 1.29 is 0 Å². The third-order valence-corrected chi connectivity index (χ3v) is 3.99. The summed E-state index contributed by atoms with van der Waals surface area (Å²) in [6.07, 6.45) is 0. The number of fused-ring (bicyclic) bond motifs is 1. The van der Waals surface area contributed by atoms with Gasteiger partial charge in [0.1, 0.15) is 5.82 Å². The summed E-state index contributed by atoms with van der Waals surface area (Å²) in [5.74, 6) is 0.934. The number of nitrogens with two attached hydrogens (primary N) is 1. The van der Waals surface area contributed by atoms with E-state index in [-0.39, 0.29) is 5.95 Å². The second kappa shape index (κ2) is 5.38. The quantitative estimate of drug-likeness (QED) is 0.673. The molecule has 0 atom stereocenters. The Kier molecular flexibility index (Phi) is 3.58. The molecule has 0 aliphatic carbocycles. The van der Waals surface area contributed by atoms with E-state index in [0.717, 1.165) is 25.5 Å². The zero-order chi connectivity index (χ0) is 14.1. The minimum atomic E-state index is 0.248. The summed E-state index contributed by atoms with van der Waals surface area (Å²) in [6, 6.07) is 13.6. The highest BCUT2D eigenvalue weighted by Crippen LogP contribution is 2.31. The van der Waals surface area contributed by atoms with Crippen molar-refractivity contribution in [3.8, 4) is 0 Å². The highest BCUT2D eigenvalue weighted by atomic mass is 79.9. The summed E-state index contributed by atoms with van der Waals surface area (Å²) in [7, 11) is 0. The number of hydrogen-bond donors (Lipinski definition) is 2. The zero-order valence-corrected chi connectivity index (χ0v) is 13.4. The van der Waals surface area contributed by atoms with Gasteiger partial charge in [0.15, 0.2) is 0 Å². The summed E-state index contributed by atoms with van der Waals surface area (Å²) < 4.78 is 1.93. The van der Waals surface area contributed by atoms with Gasteiger partial charge in [0, 0.05) is 14.3 Å². The van der Waals surface area contributed by atoms with Gasteiger partial charge in [-0.2, -0.15) is 4.98 Å². The largest absolute Gasteiger partial charge is 0.368 e. The van der Waals surface area contributed by atoms with Crippen molar-refractivity contribution >= 4 is 60.2 Å². The van der Waals surface area contributed by atoms with Crippen LogP contribution in [0.4, 0.5) is 17.5 Å². The van der Waals surface area contributed by atoms with Crippen LogP contribution in [-0.4, -0.2) is 9.97 Å². The second-order valence-corrected chi connectivity index (χ2v) is 5.97. The molecule has 1 aromatic heterocycles. The number of hydrogen-bond acceptors (Lipinski definition) is 4. The van der Waals surface area contributed by atoms with Gasteiger partial charge in [-0.25, -0.2) is 4.98 Å². The van der Waals surface area contributed by atoms with E-state index in [1.54, 1.807) is 0 Å². The zero-order valence-electron chi connectivity index (χ0n) is 10.3. The van der Waals surface area contributed by atoms with E-state index >= 15 is 0 Å². The first kappa shape index (κ1) is 13.3. The maximum Gasteiger partial charge on any atom is 0.222 e. The van der Waals surface area contributed by atoms with Crippen LogP contribution in [0.2, 0.25) is 0 Å². The molecule has 3 rings (SSSR count). The van der Waals surface area contributed by atoms with Crippen LogP contribution in [0, 0.1) is 0 Å². The molecule has 0 saturated carbocycles. The molecular weight excluding hydrogens is 384 g/mol. The summed E-state index contributed by atoms with van der Waals surface area (Å²) in [5, 5.41) is 4.21. The van der Waals surface area contributed by atoms with Crippen LogP contribution in [-0.2, 0) is 0 Å². The van der Waals surface area contributed by atoms with Gasteiger partial charge in [-0.1, -0.05) is 28.1 Å². The Morgan fingerprint density at radius 2 is 1.80 bits per heavy atom. The molecule has 0 radical (unpaired) electrons. The highest BCUT2D eigenvalue weighted by molar-refractivity contribution is 9.11. The third-order valence-electron chi connectivity index (χ3n) is 2.80. The summed E-state index contributed by atoms with van der Waals surface area (Å²) >= 11 is 6.97. The Bertz CT molecular complexity index is 789. The monoisotopic (exact) mass is 392 g/mol. The lowest BCUT2D eigenvalue weighted by atomic mass is 10.2. The van der Waals surface area contributed by atoms with Crippen LogP contribution in [0.1, 0.15) is 0 Å². The first-order chi connectivity index (χ1) is 9.63. The molecule has 100 valence electrons. The smallest absolute Gasteiger partial charge is 0.222 e. The van der Waals surface area contributed by atoms with Crippen molar-refractivity contribution in [3.05, 3.63) is 51.4 Å². The van der Waals surface area contributed by atoms with Crippen LogP contribution in [0.5, 0.6) is 0 Å². The van der Waals surface area contributed by atoms with E-state index < -0.39 is 0 Å². The van der Waals surface area contributed by atoms with Gasteiger partial charge in [0.05, 0.1) is 11.2 Å². The van der Waals surface area contributed by atoms with Crippen molar-refractivity contribution in [2.45, 2.75) is 0 Å². The van der Waals surface area contributed by atoms with Crippen LogP contribution in [0.25, 0.3) is 10.9 Å². The van der Waals surface area contributed by atoms with Gasteiger partial charge < -0.3 is 11.1 Å². The summed E-state index contributed by atoms with van der Waals surface area (Å²) in [5.41, 5.74) is 7.48. The maximum absolute atomic E-state index is 5.76. The van der Waals surface area contributed by atoms with Gasteiger partial charge in [0.25, 0.3) is 0 Å². The van der Waals surface area contributed by atoms with Crippen LogP contribution in [0.3, 0.4) is 0 Å². The van der Waals surface area contributed by atoms with Crippen LogP contribution < -0.4 is 11.1 Å². The van der Waals surface area contributed by atoms with E-state index in [9.17, 15) is 0 Å². The van der Waals surface area contributed by atoms with Crippen molar-refractivity contribution in [1.82, 2.24) is 9.97 Å². The average Bonchev–Trinajstić information content (AvgIpc) is 2.43. The molecule has 0 bridgehead atoms. The van der Waals surface area contributed by atoms with Gasteiger partial charge in [0.2, 0.25) is 5.95 Å². The Balaban J connectivity index is 2.13. The number of nitrogens with zero attached hydrogens (tertiary/aromatic N) is 2. The lowest BCUT2D eigenvalue weighted by molar-refractivity contribution is 1.23. The van der Waals surface area contributed by atoms with Gasteiger partial charge >= 0.3 is 0 Å². The third kappa shape index (κ3) is 2.62. The van der Waals surface area contributed by atoms with E-state index in [1.807, 2.05) is 42.5 Å². The lowest BCUT2D eigenvalue weighted by Gasteiger charge is -2.11. The second-order valence-electron chi connectivity index (χ2n) is 4.20. The lowest BCUT2D eigenvalue weighted by Crippen LogP contribution is -2.01. The highest BCUT2D eigenvalue weighted by Gasteiger charge is 2.08. The molecule has 2 aromatic carbocycles. The Morgan fingerprint density at radius 3 is 2.65 bits per heavy atom. The van der Waals surface area contributed by atoms with E-state index in [4.69, 9.17) is 5.73 Å². The van der Waals surface area contributed by atoms with E-state index in [1.165, 1.54) is 0 Å². The van der Waals surface area contributed by atoms with Gasteiger partial charge in [-0.3, -0.25) is 0 Å². The van der Waals surface area contributed by atoms with Crippen LogP contribution >= 0.6 is 31.9 Å². The number of anilines is 3. The van der Waals surface area contributed by atoms with Gasteiger partial charge in [-0.15, -0.1) is 0 Å². The number of rotatable bonds is 2. The Hall–Kier alpha value is -1.66. The molecule has 0 spiro atoms. The van der Waals surface area contributed by atoms with Gasteiger partial charge in [-0.05, 0) is 46.3 Å². The first-order valence-electron chi connectivity index (χ1n) is 5.88. The fourth-order valence-corrected chi connectivity index (χ4v) is 2.62. The number of nitrogen functional groups attached to an aromatic ring is 1. The standard InChI is InChI=1S/C14H10Br2N4/c15-8-5-6-10(16)12(7-8)18-13-9-3-1-2-4-11(9)19-14(17)20-13/h1-7H,(H3,17,18,19,20). The van der Waals surface area contributed by atoms with Crippen molar-refractivity contribution in [3.63, 3.8) is 0 Å². The molecule has 0 aliphatic heterocycles. The maximum atomic E-state index is 5.76. The number of halogens is 2. The predicted molar refractivity (Wildman–Crippen MR) is 89.1 cm³/mol. The molecule has 0 amide bonds. The van der Waals surface area contributed by atoms with Crippen molar-refractivity contribution in [2.24, 2.45) is 0 Å². The SMILES string of the molecule is Nc1nc(Nc2cc(Br)ccc2Br)c2ccccc2n1. The fourth-order valence-electron chi connectivity index (χ4n) is 1.91. The molecule has 0 saturated heterocycles. The number of nitrogens with one attached hydrogen (secondary N) is 1. The fraction of sp³-hybridized carbons (Fsp3) is 0. The topological polar surface area (TPSA) is 63.8 Å². The summed E-state index contributed by atoms with van der Waals surface area (Å²) in [6.45, 7) is 0. The molecule has 1 heterocycles. The van der Waals surface area contributed by atoms with Crippen LogP contribution in [0.15, 0.2) is 51.4 Å². The molecule has 20 heavy (non-hydrogen) atoms. The average molecular weight is 394 g/mol. The number of benzene rings is 2. The Labute approximate surface area is 132 Å². The summed E-state index contributed by atoms with van der Waals surface area (Å²) in [4.78, 5) is 8.51. The molecule has 3 aromatic rings. The Morgan fingerprint density at radius 1 is 1.00 bits per heavy atom. The minimum Gasteiger partial charge on any atom is -0.368 e. The first-order valence-corrected chi connectivity index (χ1v) is 7.46. The molecular formula is C14H10Br2N4. The predicted octanol–water partition coefficient (Wildman–Crippen LogP) is 4.48. The van der Waals surface area contributed by atoms with E-state index in [0.29, 0.717) is 5.82 Å². The van der Waals surface area contributed by atoms with E-state index in [2.05, 4.69) is 47.1 Å². The number of aromatic nitrogens is 2. The van der Waals surface area contributed by atoms with Crippen molar-refractivity contribution in [1.29, 1.82) is 0 Å². The minimum absolute atomic E-state index is 0.248. The molecule has 4 nitrogen and oxygen atoms in total. The molecule has 3 N–H and O–H groups in total. The molecule has 0 fully saturated rings.